The summed E-state index contributed by atoms with van der Waals surface area (Å²) < 4.78 is 0. The molecule has 1 rings (SSSR count). The number of nitriles is 1. The molecule has 0 aliphatic carbocycles. The molecule has 0 radical (unpaired) electrons. The highest BCUT2D eigenvalue weighted by Gasteiger charge is 2.14. The zero-order valence-electron chi connectivity index (χ0n) is 7.06. The van der Waals surface area contributed by atoms with Gasteiger partial charge in [0.05, 0.1) is 17.7 Å². The Morgan fingerprint density at radius 3 is 2.64 bits per heavy atom. The first-order chi connectivity index (χ1) is 6.60. The summed E-state index contributed by atoms with van der Waals surface area (Å²) in [6.45, 7) is -0.377. The molecule has 72 valence electrons. The second-order valence-corrected chi connectivity index (χ2v) is 3.12. The number of benzene rings is 1. The molecule has 0 heterocycles. The van der Waals surface area contributed by atoms with Crippen molar-refractivity contribution in [2.45, 2.75) is 11.5 Å². The van der Waals surface area contributed by atoms with E-state index in [9.17, 15) is 4.79 Å². The Balaban J connectivity index is 3.49. The van der Waals surface area contributed by atoms with Gasteiger partial charge in [0.1, 0.15) is 6.07 Å². The summed E-state index contributed by atoms with van der Waals surface area (Å²) in [5.74, 6) is -1.20. The molecular formula is C9H7NO3S. The molecule has 0 bridgehead atoms. The first-order valence-corrected chi connectivity index (χ1v) is 4.15. The summed E-state index contributed by atoms with van der Waals surface area (Å²) >= 11 is 3.97. The lowest BCUT2D eigenvalue weighted by atomic mass is 10.0. The summed E-state index contributed by atoms with van der Waals surface area (Å²) in [6.07, 6.45) is 0. The molecule has 0 aromatic heterocycles. The van der Waals surface area contributed by atoms with Crippen molar-refractivity contribution in [3.05, 3.63) is 28.8 Å². The standard InChI is InChI=1S/C9H7NO3S/c10-3-8-5(4-11)1-6(14)2-7(8)9(12)13/h1-2,11,14H,4H2,(H,12,13). The zero-order valence-corrected chi connectivity index (χ0v) is 7.95. The largest absolute Gasteiger partial charge is 0.478 e. The zero-order chi connectivity index (χ0) is 10.7. The van der Waals surface area contributed by atoms with Gasteiger partial charge in [0.25, 0.3) is 0 Å². The van der Waals surface area contributed by atoms with Crippen LogP contribution in [-0.2, 0) is 6.61 Å². The minimum atomic E-state index is -1.20. The normalized spacial score (nSPS) is 9.50. The number of carboxylic acids is 1. The number of carbonyl (C=O) groups is 1. The molecule has 0 fully saturated rings. The van der Waals surface area contributed by atoms with Crippen LogP contribution in [0.25, 0.3) is 0 Å². The lowest BCUT2D eigenvalue weighted by Crippen LogP contribution is -2.04. The van der Waals surface area contributed by atoms with Gasteiger partial charge in [-0.2, -0.15) is 5.26 Å². The molecular weight excluding hydrogens is 202 g/mol. The smallest absolute Gasteiger partial charge is 0.337 e. The third-order valence-electron chi connectivity index (χ3n) is 1.72. The number of aliphatic hydroxyl groups excluding tert-OH is 1. The van der Waals surface area contributed by atoms with E-state index in [2.05, 4.69) is 12.6 Å². The quantitative estimate of drug-likeness (QED) is 0.635. The Morgan fingerprint density at radius 2 is 2.21 bits per heavy atom. The average Bonchev–Trinajstić information content (AvgIpc) is 2.16. The molecule has 0 spiro atoms. The monoisotopic (exact) mass is 209 g/mol. The molecule has 2 N–H and O–H groups in total. The SMILES string of the molecule is N#Cc1c(CO)cc(S)cc1C(=O)O. The molecule has 1 aromatic rings. The molecule has 0 amide bonds. The number of hydrogen-bond donors (Lipinski definition) is 3. The van der Waals surface area contributed by atoms with E-state index in [1.165, 1.54) is 12.1 Å². The van der Waals surface area contributed by atoms with E-state index in [-0.39, 0.29) is 23.3 Å². The second kappa shape index (κ2) is 4.13. The van der Waals surface area contributed by atoms with Crippen LogP contribution in [0, 0.1) is 11.3 Å². The lowest BCUT2D eigenvalue weighted by Gasteiger charge is -2.05. The molecule has 5 heteroatoms. The van der Waals surface area contributed by atoms with Crippen LogP contribution in [0.2, 0.25) is 0 Å². The first kappa shape index (κ1) is 10.6. The van der Waals surface area contributed by atoms with E-state index >= 15 is 0 Å². The van der Waals surface area contributed by atoms with Crippen molar-refractivity contribution in [3.63, 3.8) is 0 Å². The molecule has 0 saturated heterocycles. The number of thiol groups is 1. The highest BCUT2D eigenvalue weighted by molar-refractivity contribution is 7.80. The highest BCUT2D eigenvalue weighted by Crippen LogP contribution is 2.19. The van der Waals surface area contributed by atoms with E-state index < -0.39 is 5.97 Å². The summed E-state index contributed by atoms with van der Waals surface area (Å²) in [5.41, 5.74) is 0.124. The lowest BCUT2D eigenvalue weighted by molar-refractivity contribution is 0.0696. The van der Waals surface area contributed by atoms with E-state index in [4.69, 9.17) is 15.5 Å². The summed E-state index contributed by atoms with van der Waals surface area (Å²) in [6, 6.07) is 4.50. The van der Waals surface area contributed by atoms with Gasteiger partial charge in [-0.1, -0.05) is 0 Å². The Kier molecular flexibility index (Phi) is 3.12. The number of rotatable bonds is 2. The van der Waals surface area contributed by atoms with Gasteiger partial charge in [-0.3, -0.25) is 0 Å². The molecule has 0 atom stereocenters. The van der Waals surface area contributed by atoms with E-state index in [1.807, 2.05) is 0 Å². The molecule has 0 aliphatic heterocycles. The van der Waals surface area contributed by atoms with Gasteiger partial charge in [0.15, 0.2) is 0 Å². The maximum atomic E-state index is 10.7. The van der Waals surface area contributed by atoms with Crippen LogP contribution in [0.1, 0.15) is 21.5 Å². The van der Waals surface area contributed by atoms with Crippen molar-refractivity contribution in [1.82, 2.24) is 0 Å². The fraction of sp³-hybridized carbons (Fsp3) is 0.111. The van der Waals surface area contributed by atoms with Crippen molar-refractivity contribution >= 4 is 18.6 Å². The molecule has 0 unspecified atom stereocenters. The molecule has 14 heavy (non-hydrogen) atoms. The number of hydrogen-bond acceptors (Lipinski definition) is 4. The van der Waals surface area contributed by atoms with Crippen molar-refractivity contribution in [2.24, 2.45) is 0 Å². The van der Waals surface area contributed by atoms with Gasteiger partial charge in [-0.25, -0.2) is 4.79 Å². The van der Waals surface area contributed by atoms with Gasteiger partial charge in [0, 0.05) is 4.90 Å². The minimum Gasteiger partial charge on any atom is -0.478 e. The van der Waals surface area contributed by atoms with Crippen LogP contribution >= 0.6 is 12.6 Å². The van der Waals surface area contributed by atoms with E-state index in [0.29, 0.717) is 4.90 Å². The van der Waals surface area contributed by atoms with Gasteiger partial charge < -0.3 is 10.2 Å². The molecule has 4 nitrogen and oxygen atoms in total. The number of aromatic carboxylic acids is 1. The van der Waals surface area contributed by atoms with Crippen molar-refractivity contribution in [3.8, 4) is 6.07 Å². The Morgan fingerprint density at radius 1 is 1.57 bits per heavy atom. The van der Waals surface area contributed by atoms with Crippen molar-refractivity contribution in [1.29, 1.82) is 5.26 Å². The summed E-state index contributed by atoms with van der Waals surface area (Å²) in [5, 5.41) is 26.4. The van der Waals surface area contributed by atoms with Gasteiger partial charge in [-0.15, -0.1) is 12.6 Å². The highest BCUT2D eigenvalue weighted by atomic mass is 32.1. The third kappa shape index (κ3) is 1.87. The maximum Gasteiger partial charge on any atom is 0.337 e. The maximum absolute atomic E-state index is 10.7. The van der Waals surface area contributed by atoms with Crippen LogP contribution in [0.15, 0.2) is 17.0 Å². The first-order valence-electron chi connectivity index (χ1n) is 3.70. The number of aliphatic hydroxyl groups is 1. The van der Waals surface area contributed by atoms with Crippen LogP contribution < -0.4 is 0 Å². The van der Waals surface area contributed by atoms with Crippen LogP contribution in [-0.4, -0.2) is 16.2 Å². The topological polar surface area (TPSA) is 81.3 Å². The third-order valence-corrected chi connectivity index (χ3v) is 1.98. The predicted octanol–water partition coefficient (Wildman–Crippen LogP) is 1.04. The van der Waals surface area contributed by atoms with Gasteiger partial charge >= 0.3 is 5.97 Å². The van der Waals surface area contributed by atoms with Crippen LogP contribution in [0.4, 0.5) is 0 Å². The predicted molar refractivity (Wildman–Crippen MR) is 51.3 cm³/mol. The average molecular weight is 209 g/mol. The van der Waals surface area contributed by atoms with E-state index in [1.54, 1.807) is 6.07 Å². The number of nitrogens with zero attached hydrogens (tertiary/aromatic N) is 1. The Hall–Kier alpha value is -1.51. The molecule has 0 saturated carbocycles. The van der Waals surface area contributed by atoms with E-state index in [0.717, 1.165) is 0 Å². The van der Waals surface area contributed by atoms with Gasteiger partial charge in [-0.05, 0) is 17.7 Å². The number of carboxylic acid groups (broad SMARTS) is 1. The van der Waals surface area contributed by atoms with Crippen molar-refractivity contribution in [2.75, 3.05) is 0 Å². The summed E-state index contributed by atoms with van der Waals surface area (Å²) in [7, 11) is 0. The van der Waals surface area contributed by atoms with Gasteiger partial charge in [0.2, 0.25) is 0 Å². The van der Waals surface area contributed by atoms with Crippen molar-refractivity contribution < 1.29 is 15.0 Å². The second-order valence-electron chi connectivity index (χ2n) is 2.60. The minimum absolute atomic E-state index is 0.0159. The Bertz CT molecular complexity index is 423. The van der Waals surface area contributed by atoms with Crippen LogP contribution in [0.3, 0.4) is 0 Å². The fourth-order valence-corrected chi connectivity index (χ4v) is 1.40. The fourth-order valence-electron chi connectivity index (χ4n) is 1.11. The Labute approximate surface area is 85.8 Å². The summed E-state index contributed by atoms with van der Waals surface area (Å²) in [4.78, 5) is 11.1. The van der Waals surface area contributed by atoms with Crippen LogP contribution in [0.5, 0.6) is 0 Å². The molecule has 0 aliphatic rings. The molecule has 1 aromatic carbocycles.